The van der Waals surface area contributed by atoms with Gasteiger partial charge in [-0.15, -0.1) is 0 Å². The number of imidazole rings is 1. The summed E-state index contributed by atoms with van der Waals surface area (Å²) >= 11 is 0. The number of benzene rings is 1. The Morgan fingerprint density at radius 2 is 1.76 bits per heavy atom. The van der Waals surface area contributed by atoms with E-state index in [0.29, 0.717) is 5.69 Å². The molecular formula is C21H15N3O. The zero-order valence-electron chi connectivity index (χ0n) is 13.7. The molecule has 120 valence electrons. The van der Waals surface area contributed by atoms with Crippen LogP contribution in [-0.4, -0.2) is 21.5 Å². The smallest absolute Gasteiger partial charge is 0.164 e. The van der Waals surface area contributed by atoms with Crippen molar-refractivity contribution in [3.8, 4) is 29.1 Å². The van der Waals surface area contributed by atoms with Gasteiger partial charge in [-0.1, -0.05) is 30.2 Å². The molecule has 4 heteroatoms. The van der Waals surface area contributed by atoms with E-state index in [1.54, 1.807) is 13.3 Å². The maximum absolute atomic E-state index is 5.36. The minimum absolute atomic E-state index is 0.715. The first-order valence-corrected chi connectivity index (χ1v) is 7.90. The molecule has 0 bridgehead atoms. The van der Waals surface area contributed by atoms with E-state index in [2.05, 4.69) is 16.8 Å². The molecule has 0 aliphatic rings. The fourth-order valence-corrected chi connectivity index (χ4v) is 2.68. The Morgan fingerprint density at radius 3 is 2.60 bits per heavy atom. The summed E-state index contributed by atoms with van der Waals surface area (Å²) in [6.45, 7) is 0. The molecule has 0 fully saturated rings. The highest BCUT2D eigenvalue weighted by Gasteiger charge is 2.11. The number of hydrogen-bond acceptors (Lipinski definition) is 3. The Hall–Kier alpha value is -3.58. The second kappa shape index (κ2) is 6.50. The summed E-state index contributed by atoms with van der Waals surface area (Å²) < 4.78 is 7.37. The number of rotatable bonds is 2. The molecule has 4 rings (SSSR count). The van der Waals surface area contributed by atoms with Crippen LogP contribution in [0.3, 0.4) is 0 Å². The molecule has 4 aromatic rings. The van der Waals surface area contributed by atoms with E-state index >= 15 is 0 Å². The van der Waals surface area contributed by atoms with Gasteiger partial charge < -0.3 is 4.74 Å². The van der Waals surface area contributed by atoms with Crippen LogP contribution in [0.4, 0.5) is 0 Å². The zero-order valence-corrected chi connectivity index (χ0v) is 13.7. The standard InChI is InChI=1S/C21H15N3O/c1-25-20-11-3-2-8-16(20)12-13-17-19-10-5-7-15-24(19)21(23-17)18-9-4-6-14-22-18/h2-11,14-15H,1H3. The number of methoxy groups -OCH3 is 1. The first-order valence-electron chi connectivity index (χ1n) is 7.90. The van der Waals surface area contributed by atoms with E-state index in [4.69, 9.17) is 9.72 Å². The summed E-state index contributed by atoms with van der Waals surface area (Å²) in [6.07, 6.45) is 3.74. The number of ether oxygens (including phenoxy) is 1. The van der Waals surface area contributed by atoms with Gasteiger partial charge in [-0.25, -0.2) is 4.98 Å². The summed E-state index contributed by atoms with van der Waals surface area (Å²) in [5.41, 5.74) is 3.31. The van der Waals surface area contributed by atoms with Crippen LogP contribution in [0.25, 0.3) is 17.0 Å². The Bertz CT molecular complexity index is 1090. The van der Waals surface area contributed by atoms with Crippen molar-refractivity contribution in [1.29, 1.82) is 0 Å². The number of nitrogens with zero attached hydrogens (tertiary/aromatic N) is 3. The highest BCUT2D eigenvalue weighted by atomic mass is 16.5. The second-order valence-corrected chi connectivity index (χ2v) is 5.41. The summed E-state index contributed by atoms with van der Waals surface area (Å²) in [5, 5.41) is 0. The van der Waals surface area contributed by atoms with E-state index in [1.165, 1.54) is 0 Å². The second-order valence-electron chi connectivity index (χ2n) is 5.41. The minimum atomic E-state index is 0.715. The number of pyridine rings is 2. The first kappa shape index (κ1) is 15.0. The van der Waals surface area contributed by atoms with Gasteiger partial charge in [0.1, 0.15) is 17.1 Å². The fourth-order valence-electron chi connectivity index (χ4n) is 2.68. The molecule has 0 atom stereocenters. The van der Waals surface area contributed by atoms with Crippen molar-refractivity contribution < 1.29 is 4.74 Å². The molecule has 0 aliphatic heterocycles. The molecular weight excluding hydrogens is 310 g/mol. The van der Waals surface area contributed by atoms with Crippen molar-refractivity contribution >= 4 is 5.52 Å². The van der Waals surface area contributed by atoms with Gasteiger partial charge >= 0.3 is 0 Å². The lowest BCUT2D eigenvalue weighted by Crippen LogP contribution is -1.90. The van der Waals surface area contributed by atoms with Crippen molar-refractivity contribution in [2.45, 2.75) is 0 Å². The summed E-state index contributed by atoms with van der Waals surface area (Å²) in [5.74, 6) is 7.88. The average molecular weight is 325 g/mol. The van der Waals surface area contributed by atoms with Gasteiger partial charge in [0.2, 0.25) is 0 Å². The first-order chi connectivity index (χ1) is 12.4. The molecule has 0 saturated heterocycles. The largest absolute Gasteiger partial charge is 0.495 e. The van der Waals surface area contributed by atoms with E-state index in [0.717, 1.165) is 28.3 Å². The third-order valence-corrected chi connectivity index (χ3v) is 3.86. The van der Waals surface area contributed by atoms with Crippen LogP contribution in [0, 0.1) is 11.8 Å². The van der Waals surface area contributed by atoms with Gasteiger partial charge in [0.15, 0.2) is 5.82 Å². The number of hydrogen-bond donors (Lipinski definition) is 0. The zero-order chi connectivity index (χ0) is 17.1. The molecule has 3 aromatic heterocycles. The Labute approximate surface area is 145 Å². The summed E-state index contributed by atoms with van der Waals surface area (Å²) in [4.78, 5) is 9.12. The summed E-state index contributed by atoms with van der Waals surface area (Å²) in [7, 11) is 1.64. The lowest BCUT2D eigenvalue weighted by Gasteiger charge is -2.00. The highest BCUT2D eigenvalue weighted by Crippen LogP contribution is 2.21. The molecule has 1 aromatic carbocycles. The molecule has 0 amide bonds. The molecule has 0 saturated carbocycles. The Kier molecular flexibility index (Phi) is 3.89. The normalized spacial score (nSPS) is 10.3. The minimum Gasteiger partial charge on any atom is -0.495 e. The van der Waals surface area contributed by atoms with Crippen molar-refractivity contribution in [3.63, 3.8) is 0 Å². The topological polar surface area (TPSA) is 39.4 Å². The van der Waals surface area contributed by atoms with Gasteiger partial charge in [-0.05, 0) is 42.3 Å². The molecule has 3 heterocycles. The summed E-state index contributed by atoms with van der Waals surface area (Å²) in [6, 6.07) is 19.4. The molecule has 0 spiro atoms. The number of para-hydroxylation sites is 1. The lowest BCUT2D eigenvalue weighted by atomic mass is 10.2. The van der Waals surface area contributed by atoms with Crippen LogP contribution in [0.1, 0.15) is 11.3 Å². The van der Waals surface area contributed by atoms with E-state index in [9.17, 15) is 0 Å². The molecule has 4 nitrogen and oxygen atoms in total. The van der Waals surface area contributed by atoms with E-state index in [1.807, 2.05) is 71.3 Å². The van der Waals surface area contributed by atoms with E-state index < -0.39 is 0 Å². The molecule has 0 N–H and O–H groups in total. The van der Waals surface area contributed by atoms with Crippen LogP contribution in [0.5, 0.6) is 5.75 Å². The van der Waals surface area contributed by atoms with Crippen molar-refractivity contribution in [1.82, 2.24) is 14.4 Å². The van der Waals surface area contributed by atoms with Gasteiger partial charge in [0.25, 0.3) is 0 Å². The van der Waals surface area contributed by atoms with Crippen molar-refractivity contribution in [2.24, 2.45) is 0 Å². The molecule has 0 radical (unpaired) electrons. The van der Waals surface area contributed by atoms with Gasteiger partial charge in [0, 0.05) is 12.4 Å². The van der Waals surface area contributed by atoms with Gasteiger partial charge in [-0.2, -0.15) is 0 Å². The predicted octanol–water partition coefficient (Wildman–Crippen LogP) is 3.80. The van der Waals surface area contributed by atoms with Crippen molar-refractivity contribution in [3.05, 3.63) is 84.3 Å². The van der Waals surface area contributed by atoms with Gasteiger partial charge in [0.05, 0.1) is 18.2 Å². The Balaban J connectivity index is 1.86. The maximum Gasteiger partial charge on any atom is 0.164 e. The Morgan fingerprint density at radius 1 is 0.920 bits per heavy atom. The highest BCUT2D eigenvalue weighted by molar-refractivity contribution is 5.68. The van der Waals surface area contributed by atoms with Crippen LogP contribution in [0.15, 0.2) is 73.1 Å². The fraction of sp³-hybridized carbons (Fsp3) is 0.0476. The van der Waals surface area contributed by atoms with Crippen LogP contribution >= 0.6 is 0 Å². The lowest BCUT2D eigenvalue weighted by molar-refractivity contribution is 0.413. The van der Waals surface area contributed by atoms with E-state index in [-0.39, 0.29) is 0 Å². The monoisotopic (exact) mass is 325 g/mol. The molecule has 0 unspecified atom stereocenters. The van der Waals surface area contributed by atoms with Crippen LogP contribution < -0.4 is 4.74 Å². The molecule has 25 heavy (non-hydrogen) atoms. The van der Waals surface area contributed by atoms with Crippen molar-refractivity contribution in [2.75, 3.05) is 7.11 Å². The van der Waals surface area contributed by atoms with Crippen LogP contribution in [0.2, 0.25) is 0 Å². The number of fused-ring (bicyclic) bond motifs is 1. The maximum atomic E-state index is 5.36. The van der Waals surface area contributed by atoms with Gasteiger partial charge in [-0.3, -0.25) is 9.38 Å². The average Bonchev–Trinajstić information content (AvgIpc) is 3.06. The third kappa shape index (κ3) is 2.84. The SMILES string of the molecule is COc1ccccc1C#Cc1nc(-c2ccccn2)n2ccccc12. The quantitative estimate of drug-likeness (QED) is 0.526. The molecule has 0 aliphatic carbocycles. The number of aromatic nitrogens is 3. The predicted molar refractivity (Wildman–Crippen MR) is 97.4 cm³/mol. The third-order valence-electron chi connectivity index (χ3n) is 3.86. The van der Waals surface area contributed by atoms with Crippen LogP contribution in [-0.2, 0) is 0 Å².